The molecule has 2 heterocycles. The largest absolute Gasteiger partial charge is 0.256 e. The molecule has 63 heavy (non-hydrogen) atoms. The molecule has 1 atom stereocenters. The van der Waals surface area contributed by atoms with Gasteiger partial charge in [0.25, 0.3) is 0 Å². The third-order valence-electron chi connectivity index (χ3n) is 12.4. The van der Waals surface area contributed by atoms with Gasteiger partial charge in [-0.15, -0.1) is 0 Å². The van der Waals surface area contributed by atoms with Gasteiger partial charge >= 0.3 is 0 Å². The molecule has 0 aliphatic heterocycles. The van der Waals surface area contributed by atoms with Crippen molar-refractivity contribution in [2.75, 3.05) is 0 Å². The highest BCUT2D eigenvalue weighted by Crippen LogP contribution is 2.41. The molecule has 1 unspecified atom stereocenters. The first-order valence-corrected chi connectivity index (χ1v) is 22.0. The SMILES string of the molecule is C/C=C\c1cc(-c2ccc(C3=CC(c4ccc(-c5cc6ccccc6c6ccccc56)cc4)CC(c4nc(-c5ccc(C)cc5)nc(-c5ccc(C)cc5)n4)=C3)cc2)ncc1CC. The molecule has 304 valence electrons. The number of aryl methyl sites for hydroxylation is 3. The summed E-state index contributed by atoms with van der Waals surface area (Å²) in [6, 6.07) is 56.9. The molecule has 2 aromatic heterocycles. The summed E-state index contributed by atoms with van der Waals surface area (Å²) >= 11 is 0. The number of nitrogens with zero attached hydrogens (tertiary/aromatic N) is 4. The van der Waals surface area contributed by atoms with Gasteiger partial charge in [0, 0.05) is 28.8 Å². The van der Waals surface area contributed by atoms with E-state index >= 15 is 0 Å². The van der Waals surface area contributed by atoms with E-state index in [1.165, 1.54) is 60.5 Å². The van der Waals surface area contributed by atoms with Crippen LogP contribution in [0.25, 0.3) is 83.9 Å². The Morgan fingerprint density at radius 3 is 1.79 bits per heavy atom. The quantitative estimate of drug-likeness (QED) is 0.136. The Morgan fingerprint density at radius 1 is 0.571 bits per heavy atom. The van der Waals surface area contributed by atoms with E-state index in [0.717, 1.165) is 51.9 Å². The molecule has 4 heteroatoms. The van der Waals surface area contributed by atoms with Crippen molar-refractivity contribution in [3.8, 4) is 45.2 Å². The minimum atomic E-state index is 0.0798. The van der Waals surface area contributed by atoms with Crippen LogP contribution in [0.15, 0.2) is 182 Å². The van der Waals surface area contributed by atoms with Gasteiger partial charge in [0.15, 0.2) is 17.5 Å². The zero-order valence-electron chi connectivity index (χ0n) is 36.2. The lowest BCUT2D eigenvalue weighted by molar-refractivity contribution is 0.856. The molecule has 0 N–H and O–H groups in total. The van der Waals surface area contributed by atoms with Crippen molar-refractivity contribution in [1.29, 1.82) is 0 Å². The van der Waals surface area contributed by atoms with E-state index in [2.05, 4.69) is 210 Å². The van der Waals surface area contributed by atoms with Gasteiger partial charge in [-0.1, -0.05) is 182 Å². The fraction of sp³-hybridized carbons (Fsp3) is 0.119. The third kappa shape index (κ3) is 8.04. The number of hydrogen-bond donors (Lipinski definition) is 0. The van der Waals surface area contributed by atoms with Gasteiger partial charge in [-0.3, -0.25) is 4.98 Å². The topological polar surface area (TPSA) is 51.6 Å². The number of pyridine rings is 1. The maximum Gasteiger partial charge on any atom is 0.164 e. The van der Waals surface area contributed by atoms with Crippen LogP contribution in [0.4, 0.5) is 0 Å². The number of benzene rings is 7. The van der Waals surface area contributed by atoms with Crippen molar-refractivity contribution in [3.63, 3.8) is 0 Å². The van der Waals surface area contributed by atoms with Gasteiger partial charge in [0.05, 0.1) is 5.69 Å². The number of fused-ring (bicyclic) bond motifs is 3. The predicted molar refractivity (Wildman–Crippen MR) is 264 cm³/mol. The first kappa shape index (κ1) is 39.6. The van der Waals surface area contributed by atoms with E-state index in [1.54, 1.807) is 0 Å². The first-order valence-electron chi connectivity index (χ1n) is 22.0. The maximum atomic E-state index is 5.22. The first-order chi connectivity index (χ1) is 30.9. The molecule has 10 rings (SSSR count). The molecule has 0 fully saturated rings. The molecule has 0 saturated heterocycles. The maximum absolute atomic E-state index is 5.22. The minimum absolute atomic E-state index is 0.0798. The van der Waals surface area contributed by atoms with Gasteiger partial charge in [0.1, 0.15) is 0 Å². The fourth-order valence-corrected chi connectivity index (χ4v) is 8.86. The van der Waals surface area contributed by atoms with E-state index < -0.39 is 0 Å². The van der Waals surface area contributed by atoms with Crippen LogP contribution < -0.4 is 0 Å². The van der Waals surface area contributed by atoms with Crippen LogP contribution in [0.2, 0.25) is 0 Å². The monoisotopic (exact) mass is 812 g/mol. The Bertz CT molecular complexity index is 3160. The molecule has 1 aliphatic carbocycles. The van der Waals surface area contributed by atoms with E-state index in [-0.39, 0.29) is 5.92 Å². The van der Waals surface area contributed by atoms with Crippen LogP contribution in [-0.2, 0) is 6.42 Å². The fourth-order valence-electron chi connectivity index (χ4n) is 8.86. The zero-order chi connectivity index (χ0) is 42.9. The second-order valence-electron chi connectivity index (χ2n) is 16.7. The van der Waals surface area contributed by atoms with E-state index in [1.807, 2.05) is 6.20 Å². The number of aromatic nitrogens is 4. The lowest BCUT2D eigenvalue weighted by Gasteiger charge is -2.23. The van der Waals surface area contributed by atoms with Crippen LogP contribution in [-0.4, -0.2) is 19.9 Å². The molecule has 4 nitrogen and oxygen atoms in total. The molecule has 1 aliphatic rings. The van der Waals surface area contributed by atoms with E-state index in [0.29, 0.717) is 17.5 Å². The van der Waals surface area contributed by atoms with Gasteiger partial charge < -0.3 is 0 Å². The standard InChI is InChI=1S/C59H48N4/c1-5-11-47-36-56(60-37-40(47)6-2)44-30-26-42(27-31-44)50-32-49(41-24-28-43(29-25-41)55-35-48-12-7-8-13-52(48)53-14-9-10-15-54(53)55)33-51(34-50)59-62-57(45-20-16-38(3)17-21-45)61-58(63-59)46-22-18-39(4)19-23-46/h5,7-32,34-37,49H,6,33H2,1-4H3/b11-5-. The number of hydrogen-bond acceptors (Lipinski definition) is 4. The highest BCUT2D eigenvalue weighted by molar-refractivity contribution is 6.13. The number of rotatable bonds is 9. The molecular formula is C59H48N4. The second kappa shape index (κ2) is 17.1. The third-order valence-corrected chi connectivity index (χ3v) is 12.4. The summed E-state index contributed by atoms with van der Waals surface area (Å²) in [4.78, 5) is 20.4. The van der Waals surface area contributed by atoms with Crippen LogP contribution in [0.5, 0.6) is 0 Å². The van der Waals surface area contributed by atoms with Crippen LogP contribution in [0, 0.1) is 13.8 Å². The average molecular weight is 813 g/mol. The van der Waals surface area contributed by atoms with Gasteiger partial charge in [0.2, 0.25) is 0 Å². The van der Waals surface area contributed by atoms with Crippen molar-refractivity contribution in [2.45, 2.75) is 46.5 Å². The van der Waals surface area contributed by atoms with Gasteiger partial charge in [-0.2, -0.15) is 0 Å². The Labute approximate surface area is 370 Å². The van der Waals surface area contributed by atoms with Crippen molar-refractivity contribution in [3.05, 3.63) is 221 Å². The summed E-state index contributed by atoms with van der Waals surface area (Å²) in [7, 11) is 0. The Hall–Kier alpha value is -7.56. The van der Waals surface area contributed by atoms with Crippen molar-refractivity contribution in [2.24, 2.45) is 0 Å². The molecule has 0 radical (unpaired) electrons. The lowest BCUT2D eigenvalue weighted by atomic mass is 9.82. The Kier molecular flexibility index (Phi) is 10.7. The Morgan fingerprint density at radius 2 is 1.14 bits per heavy atom. The predicted octanol–water partition coefficient (Wildman–Crippen LogP) is 15.1. The van der Waals surface area contributed by atoms with E-state index in [4.69, 9.17) is 19.9 Å². The highest BCUT2D eigenvalue weighted by Gasteiger charge is 2.23. The van der Waals surface area contributed by atoms with E-state index in [9.17, 15) is 0 Å². The number of allylic oxidation sites excluding steroid dienone is 5. The Balaban J connectivity index is 1.07. The molecule has 0 saturated carbocycles. The van der Waals surface area contributed by atoms with Crippen molar-refractivity contribution >= 4 is 38.8 Å². The highest BCUT2D eigenvalue weighted by atomic mass is 15.0. The summed E-state index contributed by atoms with van der Waals surface area (Å²) in [6.07, 6.45) is 12.7. The smallest absolute Gasteiger partial charge is 0.164 e. The summed E-state index contributed by atoms with van der Waals surface area (Å²) < 4.78 is 0. The molecule has 0 amide bonds. The van der Waals surface area contributed by atoms with Crippen molar-refractivity contribution in [1.82, 2.24) is 19.9 Å². The molecule has 0 spiro atoms. The van der Waals surface area contributed by atoms with Crippen LogP contribution in [0.3, 0.4) is 0 Å². The summed E-state index contributed by atoms with van der Waals surface area (Å²) in [5.74, 6) is 2.11. The minimum Gasteiger partial charge on any atom is -0.256 e. The summed E-state index contributed by atoms with van der Waals surface area (Å²) in [5.41, 5.74) is 15.9. The molecular weight excluding hydrogens is 765 g/mol. The van der Waals surface area contributed by atoms with Crippen molar-refractivity contribution < 1.29 is 0 Å². The van der Waals surface area contributed by atoms with Gasteiger partial charge in [-0.25, -0.2) is 15.0 Å². The molecule has 9 aromatic rings. The summed E-state index contributed by atoms with van der Waals surface area (Å²) in [6.45, 7) is 8.44. The zero-order valence-corrected chi connectivity index (χ0v) is 36.2. The molecule has 0 bridgehead atoms. The normalized spacial score (nSPS) is 14.0. The second-order valence-corrected chi connectivity index (χ2v) is 16.7. The summed E-state index contributed by atoms with van der Waals surface area (Å²) in [5, 5.41) is 5.06. The molecule has 7 aromatic carbocycles. The van der Waals surface area contributed by atoms with Gasteiger partial charge in [-0.05, 0) is 118 Å². The average Bonchev–Trinajstić information content (AvgIpc) is 3.34. The van der Waals surface area contributed by atoms with Crippen LogP contribution >= 0.6 is 0 Å². The van der Waals surface area contributed by atoms with Crippen LogP contribution in [0.1, 0.15) is 65.4 Å². The lowest BCUT2D eigenvalue weighted by Crippen LogP contribution is -2.08.